The summed E-state index contributed by atoms with van der Waals surface area (Å²) in [6, 6.07) is 5.53. The lowest BCUT2D eigenvalue weighted by Crippen LogP contribution is -2.28. The van der Waals surface area contributed by atoms with Crippen molar-refractivity contribution in [2.45, 2.75) is 6.42 Å². The average molecular weight is 249 g/mol. The molecule has 0 aliphatic heterocycles. The highest BCUT2D eigenvalue weighted by Crippen LogP contribution is 1.98. The molecular formula is C12H17N4O2. The van der Waals surface area contributed by atoms with Crippen LogP contribution in [0, 0.1) is 6.07 Å². The maximum Gasteiger partial charge on any atom is 0.269 e. The minimum Gasteiger partial charge on any atom is -0.364 e. The molecule has 6 nitrogen and oxygen atoms in total. The summed E-state index contributed by atoms with van der Waals surface area (Å²) in [5, 5.41) is 2.73. The maximum absolute atomic E-state index is 11.7. The largest absolute Gasteiger partial charge is 0.364 e. The highest BCUT2D eigenvalue weighted by atomic mass is 16.2. The van der Waals surface area contributed by atoms with Crippen LogP contribution < -0.4 is 11.1 Å². The topological polar surface area (TPSA) is 88.3 Å². The van der Waals surface area contributed by atoms with Crippen LogP contribution in [0.15, 0.2) is 12.1 Å². The van der Waals surface area contributed by atoms with E-state index < -0.39 is 5.91 Å². The molecule has 1 rings (SSSR count). The second kappa shape index (κ2) is 6.70. The Kier molecular flexibility index (Phi) is 5.26. The number of nitrogens with two attached hydrogens (primary N) is 1. The highest BCUT2D eigenvalue weighted by molar-refractivity contribution is 5.95. The number of nitrogens with one attached hydrogen (secondary N) is 1. The molecule has 18 heavy (non-hydrogen) atoms. The first-order valence-corrected chi connectivity index (χ1v) is 5.62. The van der Waals surface area contributed by atoms with Gasteiger partial charge in [-0.3, -0.25) is 9.59 Å². The SMILES string of the molecule is CN(C)CCCNC(=O)c1cc[c]c(C(N)=O)n1. The summed E-state index contributed by atoms with van der Waals surface area (Å²) in [6.07, 6.45) is 0.848. The fourth-order valence-corrected chi connectivity index (χ4v) is 1.33. The van der Waals surface area contributed by atoms with Crippen LogP contribution in [0.3, 0.4) is 0 Å². The van der Waals surface area contributed by atoms with E-state index >= 15 is 0 Å². The molecule has 1 radical (unpaired) electrons. The average Bonchev–Trinajstić information content (AvgIpc) is 2.34. The number of aromatic nitrogens is 1. The normalized spacial score (nSPS) is 10.4. The summed E-state index contributed by atoms with van der Waals surface area (Å²) in [5.74, 6) is -1.01. The highest BCUT2D eigenvalue weighted by Gasteiger charge is 2.09. The molecule has 0 aromatic carbocycles. The molecule has 2 amide bonds. The minimum atomic E-state index is -0.697. The number of amides is 2. The van der Waals surface area contributed by atoms with E-state index in [1.54, 1.807) is 0 Å². The standard InChI is InChI=1S/C12H17N4O2/c1-16(2)8-4-7-14-12(18)10-6-3-5-9(15-10)11(13)17/h3,6H,4,7-8H2,1-2H3,(H2,13,17)(H,14,18). The number of hydrogen-bond acceptors (Lipinski definition) is 4. The number of carbonyl (C=O) groups excluding carboxylic acids is 2. The van der Waals surface area contributed by atoms with Crippen molar-refractivity contribution < 1.29 is 9.59 Å². The summed E-state index contributed by atoms with van der Waals surface area (Å²) in [7, 11) is 3.94. The molecule has 97 valence electrons. The Hall–Kier alpha value is -1.95. The van der Waals surface area contributed by atoms with Crippen LogP contribution in [-0.4, -0.2) is 48.9 Å². The van der Waals surface area contributed by atoms with Crippen molar-refractivity contribution in [3.63, 3.8) is 0 Å². The van der Waals surface area contributed by atoms with E-state index in [-0.39, 0.29) is 17.3 Å². The van der Waals surface area contributed by atoms with Crippen LogP contribution in [0.25, 0.3) is 0 Å². The van der Waals surface area contributed by atoms with Crippen LogP contribution in [0.1, 0.15) is 27.4 Å². The summed E-state index contributed by atoms with van der Waals surface area (Å²) in [4.78, 5) is 28.5. The van der Waals surface area contributed by atoms with Crippen LogP contribution in [0.2, 0.25) is 0 Å². The summed E-state index contributed by atoms with van der Waals surface area (Å²) in [6.45, 7) is 1.45. The van der Waals surface area contributed by atoms with Gasteiger partial charge in [0, 0.05) is 12.6 Å². The Morgan fingerprint density at radius 2 is 2.22 bits per heavy atom. The monoisotopic (exact) mass is 249 g/mol. The van der Waals surface area contributed by atoms with Crippen molar-refractivity contribution in [3.05, 3.63) is 29.6 Å². The van der Waals surface area contributed by atoms with Gasteiger partial charge in [-0.25, -0.2) is 4.98 Å². The Morgan fingerprint density at radius 3 is 2.83 bits per heavy atom. The minimum absolute atomic E-state index is 0.0315. The lowest BCUT2D eigenvalue weighted by molar-refractivity contribution is 0.0947. The zero-order chi connectivity index (χ0) is 13.5. The van der Waals surface area contributed by atoms with Gasteiger partial charge in [0.15, 0.2) is 0 Å². The van der Waals surface area contributed by atoms with Gasteiger partial charge in [0.05, 0.1) is 0 Å². The number of hydrogen-bond donors (Lipinski definition) is 2. The van der Waals surface area contributed by atoms with Gasteiger partial charge in [-0.2, -0.15) is 0 Å². The lowest BCUT2D eigenvalue weighted by Gasteiger charge is -2.09. The molecule has 1 heterocycles. The van der Waals surface area contributed by atoms with E-state index in [1.807, 2.05) is 19.0 Å². The van der Waals surface area contributed by atoms with Crippen molar-refractivity contribution in [3.8, 4) is 0 Å². The first-order valence-electron chi connectivity index (χ1n) is 5.62. The van der Waals surface area contributed by atoms with Gasteiger partial charge < -0.3 is 16.0 Å². The lowest BCUT2D eigenvalue weighted by atomic mass is 10.2. The van der Waals surface area contributed by atoms with Crippen molar-refractivity contribution >= 4 is 11.8 Å². The van der Waals surface area contributed by atoms with Crippen LogP contribution in [0.4, 0.5) is 0 Å². The molecule has 0 atom stereocenters. The maximum atomic E-state index is 11.7. The first-order chi connectivity index (χ1) is 8.50. The third-order valence-electron chi connectivity index (χ3n) is 2.23. The second-order valence-electron chi connectivity index (χ2n) is 4.10. The van der Waals surface area contributed by atoms with E-state index in [4.69, 9.17) is 5.73 Å². The van der Waals surface area contributed by atoms with Crippen molar-refractivity contribution in [2.24, 2.45) is 5.73 Å². The van der Waals surface area contributed by atoms with Gasteiger partial charge >= 0.3 is 0 Å². The molecule has 0 saturated carbocycles. The molecule has 0 saturated heterocycles. The number of pyridine rings is 1. The van der Waals surface area contributed by atoms with Gasteiger partial charge in [-0.15, -0.1) is 0 Å². The zero-order valence-corrected chi connectivity index (χ0v) is 10.6. The molecule has 0 unspecified atom stereocenters. The Bertz CT molecular complexity index is 432. The predicted octanol–water partition coefficient (Wildman–Crippen LogP) is -0.338. The Balaban J connectivity index is 2.51. The molecule has 0 bridgehead atoms. The third-order valence-corrected chi connectivity index (χ3v) is 2.23. The number of nitrogens with zero attached hydrogens (tertiary/aromatic N) is 2. The first kappa shape index (κ1) is 14.1. The Morgan fingerprint density at radius 1 is 1.50 bits per heavy atom. The summed E-state index contributed by atoms with van der Waals surface area (Å²) < 4.78 is 0. The van der Waals surface area contributed by atoms with E-state index in [0.717, 1.165) is 13.0 Å². The van der Waals surface area contributed by atoms with Crippen molar-refractivity contribution in [1.29, 1.82) is 0 Å². The number of rotatable bonds is 6. The molecular weight excluding hydrogens is 232 g/mol. The summed E-state index contributed by atoms with van der Waals surface area (Å²) in [5.41, 5.74) is 5.21. The van der Waals surface area contributed by atoms with Gasteiger partial charge in [0.2, 0.25) is 0 Å². The predicted molar refractivity (Wildman–Crippen MR) is 67.1 cm³/mol. The fraction of sp³-hybridized carbons (Fsp3) is 0.417. The number of carbonyl (C=O) groups is 2. The Labute approximate surface area is 106 Å². The molecule has 3 N–H and O–H groups in total. The van der Waals surface area contributed by atoms with E-state index in [0.29, 0.717) is 6.54 Å². The molecule has 0 spiro atoms. The van der Waals surface area contributed by atoms with Gasteiger partial charge in [0.25, 0.3) is 11.8 Å². The molecule has 0 fully saturated rings. The van der Waals surface area contributed by atoms with E-state index in [9.17, 15) is 9.59 Å². The zero-order valence-electron chi connectivity index (χ0n) is 10.6. The van der Waals surface area contributed by atoms with Crippen LogP contribution >= 0.6 is 0 Å². The van der Waals surface area contributed by atoms with Gasteiger partial charge in [-0.05, 0) is 39.2 Å². The molecule has 6 heteroatoms. The van der Waals surface area contributed by atoms with Crippen molar-refractivity contribution in [1.82, 2.24) is 15.2 Å². The molecule has 0 aliphatic rings. The molecule has 0 aliphatic carbocycles. The van der Waals surface area contributed by atoms with Crippen molar-refractivity contribution in [2.75, 3.05) is 27.2 Å². The third kappa shape index (κ3) is 4.50. The van der Waals surface area contributed by atoms with Crippen LogP contribution in [0.5, 0.6) is 0 Å². The van der Waals surface area contributed by atoms with Crippen LogP contribution in [-0.2, 0) is 0 Å². The summed E-state index contributed by atoms with van der Waals surface area (Å²) >= 11 is 0. The van der Waals surface area contributed by atoms with E-state index in [2.05, 4.69) is 16.4 Å². The molecule has 1 aromatic rings. The number of primary amides is 1. The fourth-order valence-electron chi connectivity index (χ4n) is 1.33. The molecule has 1 aromatic heterocycles. The second-order valence-corrected chi connectivity index (χ2v) is 4.10. The quantitative estimate of drug-likeness (QED) is 0.675. The van der Waals surface area contributed by atoms with E-state index in [1.165, 1.54) is 12.1 Å². The van der Waals surface area contributed by atoms with Gasteiger partial charge in [-0.1, -0.05) is 0 Å². The smallest absolute Gasteiger partial charge is 0.269 e. The van der Waals surface area contributed by atoms with Gasteiger partial charge in [0.1, 0.15) is 11.4 Å².